The molecule has 13 heavy (non-hydrogen) atoms. The second-order valence-corrected chi connectivity index (χ2v) is 4.44. The maximum absolute atomic E-state index is 13.3. The van der Waals surface area contributed by atoms with Crippen molar-refractivity contribution in [3.63, 3.8) is 0 Å². The molecule has 1 aromatic rings. The molecule has 1 fully saturated rings. The molecular weight excluding hydrogens is 233 g/mol. The monoisotopic (exact) mass is 243 g/mol. The first-order valence-corrected chi connectivity index (χ1v) is 5.17. The first kappa shape index (κ1) is 9.16. The van der Waals surface area contributed by atoms with Gasteiger partial charge in [0.1, 0.15) is 5.82 Å². The molecule has 0 aliphatic carbocycles. The highest BCUT2D eigenvalue weighted by Crippen LogP contribution is 2.30. The van der Waals surface area contributed by atoms with Crippen LogP contribution in [0.5, 0.6) is 0 Å². The minimum Gasteiger partial charge on any atom is -0.307 e. The summed E-state index contributed by atoms with van der Waals surface area (Å²) in [5.41, 5.74) is 0.771. The SMILES string of the molecule is CC1CC(c2cc(Br)ccc2F)N1. The molecule has 70 valence electrons. The lowest BCUT2D eigenvalue weighted by Gasteiger charge is -2.35. The van der Waals surface area contributed by atoms with E-state index in [0.717, 1.165) is 16.5 Å². The van der Waals surface area contributed by atoms with Crippen LogP contribution in [0.2, 0.25) is 0 Å². The number of nitrogens with one attached hydrogen (secondary N) is 1. The van der Waals surface area contributed by atoms with E-state index in [-0.39, 0.29) is 11.9 Å². The first-order valence-electron chi connectivity index (χ1n) is 4.38. The number of rotatable bonds is 1. The molecule has 2 unspecified atom stereocenters. The average Bonchev–Trinajstić information content (AvgIpc) is 2.04. The highest BCUT2D eigenvalue weighted by molar-refractivity contribution is 9.10. The standard InChI is InChI=1S/C10H11BrFN/c1-6-4-10(13-6)8-5-7(11)2-3-9(8)12/h2-3,5-6,10,13H,4H2,1H3. The van der Waals surface area contributed by atoms with E-state index in [1.54, 1.807) is 6.07 Å². The summed E-state index contributed by atoms with van der Waals surface area (Å²) in [5, 5.41) is 3.27. The van der Waals surface area contributed by atoms with Gasteiger partial charge in [0.25, 0.3) is 0 Å². The normalized spacial score (nSPS) is 27.0. The van der Waals surface area contributed by atoms with Crippen molar-refractivity contribution in [2.45, 2.75) is 25.4 Å². The molecule has 1 aliphatic rings. The minimum absolute atomic E-state index is 0.118. The smallest absolute Gasteiger partial charge is 0.128 e. The molecule has 1 heterocycles. The largest absolute Gasteiger partial charge is 0.307 e. The van der Waals surface area contributed by atoms with Gasteiger partial charge in [-0.25, -0.2) is 4.39 Å². The van der Waals surface area contributed by atoms with Gasteiger partial charge in [-0.3, -0.25) is 0 Å². The quantitative estimate of drug-likeness (QED) is 0.800. The molecule has 2 rings (SSSR count). The van der Waals surface area contributed by atoms with Crippen LogP contribution in [0.15, 0.2) is 22.7 Å². The lowest BCUT2D eigenvalue weighted by atomic mass is 9.92. The fourth-order valence-electron chi connectivity index (χ4n) is 1.67. The lowest BCUT2D eigenvalue weighted by Crippen LogP contribution is -2.44. The third-order valence-corrected chi connectivity index (χ3v) is 2.90. The number of hydrogen-bond donors (Lipinski definition) is 1. The van der Waals surface area contributed by atoms with Crippen molar-refractivity contribution in [3.8, 4) is 0 Å². The molecule has 1 nitrogen and oxygen atoms in total. The Morgan fingerprint density at radius 3 is 2.85 bits per heavy atom. The van der Waals surface area contributed by atoms with Gasteiger partial charge < -0.3 is 5.32 Å². The molecule has 0 bridgehead atoms. The molecule has 1 aromatic carbocycles. The van der Waals surface area contributed by atoms with Gasteiger partial charge in [0.05, 0.1) is 0 Å². The van der Waals surface area contributed by atoms with Gasteiger partial charge in [-0.15, -0.1) is 0 Å². The van der Waals surface area contributed by atoms with Gasteiger partial charge in [-0.2, -0.15) is 0 Å². The van der Waals surface area contributed by atoms with Gasteiger partial charge in [0.2, 0.25) is 0 Å². The third-order valence-electron chi connectivity index (χ3n) is 2.41. The molecular formula is C10H11BrFN. The zero-order valence-corrected chi connectivity index (χ0v) is 8.94. The Hall–Kier alpha value is -0.410. The van der Waals surface area contributed by atoms with Crippen LogP contribution in [-0.4, -0.2) is 6.04 Å². The summed E-state index contributed by atoms with van der Waals surface area (Å²) in [5.74, 6) is -0.118. The zero-order chi connectivity index (χ0) is 9.42. The Balaban J connectivity index is 2.24. The molecule has 3 heteroatoms. The molecule has 0 saturated carbocycles. The van der Waals surface area contributed by atoms with Crippen LogP contribution < -0.4 is 5.32 Å². The van der Waals surface area contributed by atoms with E-state index in [4.69, 9.17) is 0 Å². The second kappa shape index (κ2) is 3.39. The van der Waals surface area contributed by atoms with Crippen LogP contribution in [0.1, 0.15) is 24.9 Å². The van der Waals surface area contributed by atoms with Gasteiger partial charge >= 0.3 is 0 Å². The van der Waals surface area contributed by atoms with Crippen molar-refractivity contribution in [1.29, 1.82) is 0 Å². The summed E-state index contributed by atoms with van der Waals surface area (Å²) in [6, 6.07) is 5.79. The zero-order valence-electron chi connectivity index (χ0n) is 7.35. The van der Waals surface area contributed by atoms with Crippen LogP contribution in [0.3, 0.4) is 0 Å². The number of halogens is 2. The summed E-state index contributed by atoms with van der Waals surface area (Å²) in [4.78, 5) is 0. The van der Waals surface area contributed by atoms with E-state index in [0.29, 0.717) is 6.04 Å². The summed E-state index contributed by atoms with van der Waals surface area (Å²) < 4.78 is 14.2. The number of benzene rings is 1. The van der Waals surface area contributed by atoms with E-state index in [9.17, 15) is 4.39 Å². The van der Waals surface area contributed by atoms with E-state index < -0.39 is 0 Å². The van der Waals surface area contributed by atoms with Crippen molar-refractivity contribution in [3.05, 3.63) is 34.1 Å². The van der Waals surface area contributed by atoms with E-state index >= 15 is 0 Å². The van der Waals surface area contributed by atoms with Crippen molar-refractivity contribution >= 4 is 15.9 Å². The highest BCUT2D eigenvalue weighted by atomic mass is 79.9. The van der Waals surface area contributed by atoms with E-state index in [1.807, 2.05) is 6.07 Å². The van der Waals surface area contributed by atoms with Gasteiger partial charge in [0.15, 0.2) is 0 Å². The maximum atomic E-state index is 13.3. The molecule has 0 aromatic heterocycles. The van der Waals surface area contributed by atoms with Gasteiger partial charge in [-0.1, -0.05) is 15.9 Å². The molecule has 1 saturated heterocycles. The Morgan fingerprint density at radius 2 is 2.23 bits per heavy atom. The van der Waals surface area contributed by atoms with Crippen LogP contribution in [0.4, 0.5) is 4.39 Å². The minimum atomic E-state index is -0.118. The molecule has 1 aliphatic heterocycles. The van der Waals surface area contributed by atoms with Crippen molar-refractivity contribution in [2.75, 3.05) is 0 Å². The van der Waals surface area contributed by atoms with Gasteiger partial charge in [-0.05, 0) is 31.5 Å². The van der Waals surface area contributed by atoms with Crippen LogP contribution in [0.25, 0.3) is 0 Å². The Bertz CT molecular complexity index is 321. The Labute approximate surface area is 85.5 Å². The Kier molecular flexibility index (Phi) is 2.39. The summed E-state index contributed by atoms with van der Waals surface area (Å²) in [7, 11) is 0. The summed E-state index contributed by atoms with van der Waals surface area (Å²) in [6.45, 7) is 2.10. The molecule has 0 spiro atoms. The predicted octanol–water partition coefficient (Wildman–Crippen LogP) is 3.01. The van der Waals surface area contributed by atoms with E-state index in [1.165, 1.54) is 6.07 Å². The topological polar surface area (TPSA) is 12.0 Å². The van der Waals surface area contributed by atoms with Crippen LogP contribution >= 0.6 is 15.9 Å². The highest BCUT2D eigenvalue weighted by Gasteiger charge is 2.27. The van der Waals surface area contributed by atoms with Crippen molar-refractivity contribution in [1.82, 2.24) is 5.32 Å². The molecule has 0 amide bonds. The van der Waals surface area contributed by atoms with E-state index in [2.05, 4.69) is 28.2 Å². The molecule has 2 atom stereocenters. The lowest BCUT2D eigenvalue weighted by molar-refractivity contribution is 0.281. The average molecular weight is 244 g/mol. The first-order chi connectivity index (χ1) is 6.16. The van der Waals surface area contributed by atoms with Crippen molar-refractivity contribution < 1.29 is 4.39 Å². The van der Waals surface area contributed by atoms with Crippen LogP contribution in [-0.2, 0) is 0 Å². The summed E-state index contributed by atoms with van der Waals surface area (Å²) >= 11 is 3.34. The fourth-order valence-corrected chi connectivity index (χ4v) is 2.05. The molecule has 0 radical (unpaired) electrons. The Morgan fingerprint density at radius 1 is 1.54 bits per heavy atom. The predicted molar refractivity (Wildman–Crippen MR) is 54.1 cm³/mol. The number of hydrogen-bond acceptors (Lipinski definition) is 1. The maximum Gasteiger partial charge on any atom is 0.128 e. The van der Waals surface area contributed by atoms with Crippen LogP contribution in [0, 0.1) is 5.82 Å². The van der Waals surface area contributed by atoms with Crippen molar-refractivity contribution in [2.24, 2.45) is 0 Å². The third kappa shape index (κ3) is 1.76. The fraction of sp³-hybridized carbons (Fsp3) is 0.400. The summed E-state index contributed by atoms with van der Waals surface area (Å²) in [6.07, 6.45) is 1.02. The molecule has 1 N–H and O–H groups in total. The second-order valence-electron chi connectivity index (χ2n) is 3.52. The van der Waals surface area contributed by atoms with Gasteiger partial charge in [0, 0.05) is 22.1 Å².